The number of primary amides is 1. The average Bonchev–Trinajstić information content (AvgIpc) is 2.25. The molecule has 0 radical (unpaired) electrons. The number of nitrogens with zero attached hydrogens (tertiary/aromatic N) is 1. The zero-order chi connectivity index (χ0) is 13.9. The normalized spacial score (nSPS) is 22.7. The molecule has 2 atom stereocenters. The number of nitrogens with two attached hydrogens (primary N) is 2. The maximum Gasteiger partial charge on any atom is 0.240 e. The maximum absolute atomic E-state index is 12.3. The maximum atomic E-state index is 12.3. The van der Waals surface area contributed by atoms with Gasteiger partial charge in [0.25, 0.3) is 0 Å². The van der Waals surface area contributed by atoms with Gasteiger partial charge in [0, 0.05) is 19.5 Å². The molecule has 18 heavy (non-hydrogen) atoms. The Morgan fingerprint density at radius 1 is 1.39 bits per heavy atom. The van der Waals surface area contributed by atoms with Gasteiger partial charge in [-0.15, -0.1) is 0 Å². The van der Waals surface area contributed by atoms with Crippen molar-refractivity contribution < 1.29 is 9.59 Å². The first-order valence-corrected chi connectivity index (χ1v) is 6.54. The lowest BCUT2D eigenvalue weighted by molar-refractivity contribution is -0.137. The molecule has 0 aliphatic carbocycles. The van der Waals surface area contributed by atoms with Gasteiger partial charge in [0.2, 0.25) is 11.8 Å². The molecule has 104 valence electrons. The van der Waals surface area contributed by atoms with E-state index in [1.54, 1.807) is 4.90 Å². The zero-order valence-electron chi connectivity index (χ0n) is 11.6. The lowest BCUT2D eigenvalue weighted by Gasteiger charge is -2.37. The van der Waals surface area contributed by atoms with E-state index >= 15 is 0 Å². The predicted octanol–water partition coefficient (Wildman–Crippen LogP) is 0.474. The van der Waals surface area contributed by atoms with Crippen molar-refractivity contribution in [2.45, 2.75) is 46.1 Å². The van der Waals surface area contributed by atoms with Gasteiger partial charge in [0.15, 0.2) is 0 Å². The predicted molar refractivity (Wildman–Crippen MR) is 70.5 cm³/mol. The zero-order valence-corrected chi connectivity index (χ0v) is 11.6. The smallest absolute Gasteiger partial charge is 0.240 e. The molecular weight excluding hydrogens is 230 g/mol. The summed E-state index contributed by atoms with van der Waals surface area (Å²) < 4.78 is 0. The molecule has 0 aromatic carbocycles. The minimum Gasteiger partial charge on any atom is -0.370 e. The minimum absolute atomic E-state index is 0.0170. The Labute approximate surface area is 109 Å². The van der Waals surface area contributed by atoms with Crippen LogP contribution in [0.2, 0.25) is 0 Å². The van der Waals surface area contributed by atoms with Crippen LogP contribution in [0.1, 0.15) is 40.0 Å². The summed E-state index contributed by atoms with van der Waals surface area (Å²) in [6, 6.07) is -0.496. The highest BCUT2D eigenvalue weighted by molar-refractivity contribution is 5.82. The summed E-state index contributed by atoms with van der Waals surface area (Å²) in [5.41, 5.74) is 11.0. The largest absolute Gasteiger partial charge is 0.370 e. The van der Waals surface area contributed by atoms with Crippen LogP contribution in [0.5, 0.6) is 0 Å². The lowest BCUT2D eigenvalue weighted by atomic mass is 9.85. The van der Waals surface area contributed by atoms with E-state index in [9.17, 15) is 9.59 Å². The van der Waals surface area contributed by atoms with E-state index in [0.29, 0.717) is 13.0 Å². The monoisotopic (exact) mass is 255 g/mol. The van der Waals surface area contributed by atoms with Crippen LogP contribution in [0.3, 0.4) is 0 Å². The van der Waals surface area contributed by atoms with Gasteiger partial charge in [-0.2, -0.15) is 0 Å². The number of carbonyl (C=O) groups excluding carboxylic acids is 2. The number of carbonyl (C=O) groups is 2. The van der Waals surface area contributed by atoms with E-state index in [1.165, 1.54) is 0 Å². The molecule has 0 aromatic rings. The van der Waals surface area contributed by atoms with Gasteiger partial charge < -0.3 is 16.4 Å². The molecule has 0 unspecified atom stereocenters. The summed E-state index contributed by atoms with van der Waals surface area (Å²) in [5, 5.41) is 0. The van der Waals surface area contributed by atoms with Crippen LogP contribution in [0.4, 0.5) is 0 Å². The van der Waals surface area contributed by atoms with Crippen molar-refractivity contribution in [1.29, 1.82) is 0 Å². The van der Waals surface area contributed by atoms with E-state index in [4.69, 9.17) is 11.5 Å². The van der Waals surface area contributed by atoms with E-state index in [2.05, 4.69) is 0 Å². The molecule has 1 rings (SSSR count). The fourth-order valence-electron chi connectivity index (χ4n) is 2.28. The topological polar surface area (TPSA) is 89.4 Å². The molecule has 4 N–H and O–H groups in total. The Balaban J connectivity index is 2.61. The van der Waals surface area contributed by atoms with Crippen LogP contribution >= 0.6 is 0 Å². The summed E-state index contributed by atoms with van der Waals surface area (Å²) >= 11 is 0. The SMILES string of the molecule is CC(C)(C)[C@H](N)C(=O)N1CCC[C@@H](CC(N)=O)C1. The van der Waals surface area contributed by atoms with Gasteiger partial charge in [-0.1, -0.05) is 20.8 Å². The first-order chi connectivity index (χ1) is 8.21. The highest BCUT2D eigenvalue weighted by Crippen LogP contribution is 2.24. The Bertz CT molecular complexity index is 323. The first kappa shape index (κ1) is 15.0. The van der Waals surface area contributed by atoms with E-state index in [1.807, 2.05) is 20.8 Å². The van der Waals surface area contributed by atoms with Crippen molar-refractivity contribution in [3.63, 3.8) is 0 Å². The highest BCUT2D eigenvalue weighted by atomic mass is 16.2. The van der Waals surface area contributed by atoms with Crippen LogP contribution < -0.4 is 11.5 Å². The van der Waals surface area contributed by atoms with Gasteiger partial charge >= 0.3 is 0 Å². The molecule has 1 fully saturated rings. The van der Waals surface area contributed by atoms with Crippen LogP contribution in [0.25, 0.3) is 0 Å². The minimum atomic E-state index is -0.496. The highest BCUT2D eigenvalue weighted by Gasteiger charge is 2.33. The molecule has 5 nitrogen and oxygen atoms in total. The van der Waals surface area contributed by atoms with E-state index < -0.39 is 6.04 Å². The number of rotatable bonds is 3. The quantitative estimate of drug-likeness (QED) is 0.768. The summed E-state index contributed by atoms with van der Waals surface area (Å²) in [7, 11) is 0. The third-order valence-electron chi connectivity index (χ3n) is 3.52. The number of hydrogen-bond donors (Lipinski definition) is 2. The van der Waals surface area contributed by atoms with Crippen molar-refractivity contribution in [2.75, 3.05) is 13.1 Å². The standard InChI is InChI=1S/C13H25N3O2/c1-13(2,3)11(15)12(18)16-6-4-5-9(8-16)7-10(14)17/h9,11H,4-8,15H2,1-3H3,(H2,14,17)/t9-,11+/m0/s1. The van der Waals surface area contributed by atoms with Crippen molar-refractivity contribution >= 4 is 11.8 Å². The average molecular weight is 255 g/mol. The second kappa shape index (κ2) is 5.69. The first-order valence-electron chi connectivity index (χ1n) is 6.54. The number of amides is 2. The molecule has 0 saturated carbocycles. The summed E-state index contributed by atoms with van der Waals surface area (Å²) in [6.45, 7) is 7.21. The second-order valence-corrected chi connectivity index (χ2v) is 6.31. The molecule has 0 bridgehead atoms. The second-order valence-electron chi connectivity index (χ2n) is 6.31. The fourth-order valence-corrected chi connectivity index (χ4v) is 2.28. The third-order valence-corrected chi connectivity index (χ3v) is 3.52. The molecule has 0 aromatic heterocycles. The number of piperidine rings is 1. The van der Waals surface area contributed by atoms with Crippen LogP contribution in [-0.4, -0.2) is 35.8 Å². The summed E-state index contributed by atoms with van der Waals surface area (Å²) in [4.78, 5) is 25.0. The number of likely N-dealkylation sites (tertiary alicyclic amines) is 1. The van der Waals surface area contributed by atoms with Crippen molar-refractivity contribution in [1.82, 2.24) is 4.90 Å². The van der Waals surface area contributed by atoms with E-state index in [0.717, 1.165) is 19.4 Å². The van der Waals surface area contributed by atoms with Gasteiger partial charge in [-0.25, -0.2) is 0 Å². The Morgan fingerprint density at radius 2 is 2.00 bits per heavy atom. The van der Waals surface area contributed by atoms with Crippen molar-refractivity contribution in [3.8, 4) is 0 Å². The van der Waals surface area contributed by atoms with Crippen LogP contribution in [0.15, 0.2) is 0 Å². The van der Waals surface area contributed by atoms with Crippen molar-refractivity contribution in [3.05, 3.63) is 0 Å². The van der Waals surface area contributed by atoms with Gasteiger partial charge in [-0.3, -0.25) is 9.59 Å². The molecule has 2 amide bonds. The molecule has 1 aliphatic heterocycles. The fraction of sp³-hybridized carbons (Fsp3) is 0.846. The summed E-state index contributed by atoms with van der Waals surface area (Å²) in [5.74, 6) is -0.126. The molecular formula is C13H25N3O2. The number of hydrogen-bond acceptors (Lipinski definition) is 3. The molecule has 1 saturated heterocycles. The van der Waals surface area contributed by atoms with E-state index in [-0.39, 0.29) is 23.1 Å². The van der Waals surface area contributed by atoms with Crippen molar-refractivity contribution in [2.24, 2.45) is 22.8 Å². The molecule has 0 spiro atoms. The summed E-state index contributed by atoms with van der Waals surface area (Å²) in [6.07, 6.45) is 2.23. The Kier molecular flexibility index (Phi) is 4.73. The molecule has 5 heteroatoms. The lowest BCUT2D eigenvalue weighted by Crippen LogP contribution is -2.53. The van der Waals surface area contributed by atoms with Crippen LogP contribution in [0, 0.1) is 11.3 Å². The molecule has 1 heterocycles. The van der Waals surface area contributed by atoms with Gasteiger partial charge in [0.05, 0.1) is 6.04 Å². The molecule has 1 aliphatic rings. The Hall–Kier alpha value is -1.10. The van der Waals surface area contributed by atoms with Gasteiger partial charge in [-0.05, 0) is 24.2 Å². The Morgan fingerprint density at radius 3 is 2.50 bits per heavy atom. The third kappa shape index (κ3) is 3.98. The van der Waals surface area contributed by atoms with Crippen LogP contribution in [-0.2, 0) is 9.59 Å². The van der Waals surface area contributed by atoms with Gasteiger partial charge in [0.1, 0.15) is 0 Å².